The number of fused-ring (bicyclic) bond motifs is 1. The molecule has 0 spiro atoms. The van der Waals surface area contributed by atoms with E-state index < -0.39 is 0 Å². The molecule has 5 unspecified atom stereocenters. The summed E-state index contributed by atoms with van der Waals surface area (Å²) in [5, 5.41) is 7.28. The number of halogens is 1. The SMILES string of the molecule is CN=C(NC1CC1c1ccc(Br)cc1)NC1C2CCOC2C1(C)C. The lowest BCUT2D eigenvalue weighted by Crippen LogP contribution is -2.68. The normalized spacial score (nSPS) is 36.7. The average molecular weight is 392 g/mol. The van der Waals surface area contributed by atoms with Gasteiger partial charge in [-0.25, -0.2) is 0 Å². The Labute approximate surface area is 152 Å². The van der Waals surface area contributed by atoms with Gasteiger partial charge in [0.15, 0.2) is 5.96 Å². The molecule has 1 aliphatic heterocycles. The van der Waals surface area contributed by atoms with Crippen molar-refractivity contribution in [2.45, 2.75) is 50.8 Å². The second-order valence-electron chi connectivity index (χ2n) is 7.90. The fraction of sp³-hybridized carbons (Fsp3) is 0.632. The minimum Gasteiger partial charge on any atom is -0.377 e. The topological polar surface area (TPSA) is 45.7 Å². The number of ether oxygens (including phenoxy) is 1. The molecule has 1 saturated heterocycles. The van der Waals surface area contributed by atoms with Gasteiger partial charge in [0.1, 0.15) is 0 Å². The number of rotatable bonds is 3. The molecule has 24 heavy (non-hydrogen) atoms. The van der Waals surface area contributed by atoms with Gasteiger partial charge in [0.05, 0.1) is 6.10 Å². The monoisotopic (exact) mass is 391 g/mol. The van der Waals surface area contributed by atoms with E-state index in [0.29, 0.717) is 30.0 Å². The molecule has 1 aromatic rings. The van der Waals surface area contributed by atoms with Gasteiger partial charge in [-0.3, -0.25) is 4.99 Å². The Hall–Kier alpha value is -1.07. The predicted octanol–water partition coefficient (Wildman–Crippen LogP) is 3.28. The van der Waals surface area contributed by atoms with E-state index in [4.69, 9.17) is 4.74 Å². The third kappa shape index (κ3) is 2.76. The number of benzene rings is 1. The zero-order chi connectivity index (χ0) is 16.9. The van der Waals surface area contributed by atoms with E-state index in [0.717, 1.165) is 23.5 Å². The van der Waals surface area contributed by atoms with E-state index >= 15 is 0 Å². The maximum absolute atomic E-state index is 5.89. The molecule has 4 rings (SSSR count). The minimum absolute atomic E-state index is 0.174. The van der Waals surface area contributed by atoms with E-state index in [-0.39, 0.29) is 5.41 Å². The van der Waals surface area contributed by atoms with Crippen LogP contribution in [0.5, 0.6) is 0 Å². The van der Waals surface area contributed by atoms with Gasteiger partial charge in [0, 0.05) is 47.5 Å². The molecule has 0 radical (unpaired) electrons. The quantitative estimate of drug-likeness (QED) is 0.613. The zero-order valence-corrected chi connectivity index (χ0v) is 16.1. The van der Waals surface area contributed by atoms with E-state index in [1.807, 2.05) is 7.05 Å². The lowest BCUT2D eigenvalue weighted by molar-refractivity contribution is -0.106. The lowest BCUT2D eigenvalue weighted by Gasteiger charge is -2.54. The summed E-state index contributed by atoms with van der Waals surface area (Å²) in [5.74, 6) is 2.15. The van der Waals surface area contributed by atoms with Gasteiger partial charge in [-0.15, -0.1) is 0 Å². The van der Waals surface area contributed by atoms with Crippen LogP contribution in [0.4, 0.5) is 0 Å². The van der Waals surface area contributed by atoms with Crippen LogP contribution in [0.25, 0.3) is 0 Å². The highest BCUT2D eigenvalue weighted by atomic mass is 79.9. The Kier molecular flexibility index (Phi) is 4.12. The van der Waals surface area contributed by atoms with E-state index in [9.17, 15) is 0 Å². The number of aliphatic imine (C=N–C) groups is 1. The molecule has 1 heterocycles. The van der Waals surface area contributed by atoms with E-state index in [1.165, 1.54) is 12.0 Å². The van der Waals surface area contributed by atoms with Crippen molar-refractivity contribution in [2.24, 2.45) is 16.3 Å². The summed E-state index contributed by atoms with van der Waals surface area (Å²) in [4.78, 5) is 4.46. The zero-order valence-electron chi connectivity index (χ0n) is 14.6. The van der Waals surface area contributed by atoms with Crippen molar-refractivity contribution < 1.29 is 4.74 Å². The molecule has 1 aromatic carbocycles. The third-order valence-corrected chi connectivity index (χ3v) is 6.56. The Morgan fingerprint density at radius 2 is 2.00 bits per heavy atom. The van der Waals surface area contributed by atoms with Gasteiger partial charge in [-0.2, -0.15) is 0 Å². The Morgan fingerprint density at radius 3 is 2.71 bits per heavy atom. The minimum atomic E-state index is 0.174. The molecule has 3 aliphatic rings. The first-order chi connectivity index (χ1) is 11.5. The fourth-order valence-electron chi connectivity index (χ4n) is 4.54. The van der Waals surface area contributed by atoms with Crippen LogP contribution in [0.1, 0.15) is 38.2 Å². The first-order valence-electron chi connectivity index (χ1n) is 8.87. The van der Waals surface area contributed by atoms with Crippen LogP contribution in [-0.4, -0.2) is 37.8 Å². The van der Waals surface area contributed by atoms with Crippen molar-refractivity contribution in [1.29, 1.82) is 0 Å². The number of nitrogens with zero attached hydrogens (tertiary/aromatic N) is 1. The Morgan fingerprint density at radius 1 is 1.25 bits per heavy atom. The van der Waals surface area contributed by atoms with E-state index in [2.05, 4.69) is 69.7 Å². The third-order valence-electron chi connectivity index (χ3n) is 6.03. The molecule has 0 amide bonds. The van der Waals surface area contributed by atoms with Crippen molar-refractivity contribution in [1.82, 2.24) is 10.6 Å². The van der Waals surface area contributed by atoms with Crippen molar-refractivity contribution in [2.75, 3.05) is 13.7 Å². The van der Waals surface area contributed by atoms with Crippen molar-refractivity contribution in [3.05, 3.63) is 34.3 Å². The number of hydrogen-bond acceptors (Lipinski definition) is 2. The molecule has 2 saturated carbocycles. The van der Waals surface area contributed by atoms with Crippen LogP contribution < -0.4 is 10.6 Å². The molecule has 4 nitrogen and oxygen atoms in total. The van der Waals surface area contributed by atoms with Crippen LogP contribution >= 0.6 is 15.9 Å². The van der Waals surface area contributed by atoms with Gasteiger partial charge >= 0.3 is 0 Å². The molecule has 5 atom stereocenters. The summed E-state index contributed by atoms with van der Waals surface area (Å²) >= 11 is 3.50. The Bertz CT molecular complexity index is 643. The average Bonchev–Trinajstić information content (AvgIpc) is 3.17. The fourth-order valence-corrected chi connectivity index (χ4v) is 4.81. The molecular weight excluding hydrogens is 366 g/mol. The first kappa shape index (κ1) is 16.4. The second-order valence-corrected chi connectivity index (χ2v) is 8.82. The van der Waals surface area contributed by atoms with Gasteiger partial charge in [0.25, 0.3) is 0 Å². The molecule has 2 aliphatic carbocycles. The van der Waals surface area contributed by atoms with Crippen LogP contribution in [0.15, 0.2) is 33.7 Å². The first-order valence-corrected chi connectivity index (χ1v) is 9.67. The maximum Gasteiger partial charge on any atom is 0.191 e. The van der Waals surface area contributed by atoms with E-state index in [1.54, 1.807) is 0 Å². The number of nitrogens with one attached hydrogen (secondary N) is 2. The smallest absolute Gasteiger partial charge is 0.191 e. The summed E-state index contributed by atoms with van der Waals surface area (Å²) in [6.07, 6.45) is 2.74. The standard InChI is InChI=1S/C19H26BrN3O/c1-19(2)16(13-8-9-24-17(13)19)23-18(21-3)22-15-10-14(15)11-4-6-12(20)7-5-11/h4-7,13-17H,8-10H2,1-3H3,(H2,21,22,23). The molecule has 2 N–H and O–H groups in total. The van der Waals surface area contributed by atoms with Crippen LogP contribution in [0.2, 0.25) is 0 Å². The summed E-state index contributed by atoms with van der Waals surface area (Å²) in [7, 11) is 1.86. The van der Waals surface area contributed by atoms with Crippen molar-refractivity contribution in [3.63, 3.8) is 0 Å². The summed E-state index contributed by atoms with van der Waals surface area (Å²) in [5.41, 5.74) is 1.58. The molecule has 5 heteroatoms. The van der Waals surface area contributed by atoms with Crippen molar-refractivity contribution >= 4 is 21.9 Å². The van der Waals surface area contributed by atoms with Crippen molar-refractivity contribution in [3.8, 4) is 0 Å². The largest absolute Gasteiger partial charge is 0.377 e. The summed E-state index contributed by atoms with van der Waals surface area (Å²) in [6.45, 7) is 5.50. The highest BCUT2D eigenvalue weighted by molar-refractivity contribution is 9.10. The molecule has 0 aromatic heterocycles. The molecule has 130 valence electrons. The van der Waals surface area contributed by atoms with Gasteiger partial charge < -0.3 is 15.4 Å². The maximum atomic E-state index is 5.89. The number of guanidine groups is 1. The molecule has 3 fully saturated rings. The van der Waals surface area contributed by atoms with Crippen LogP contribution in [-0.2, 0) is 4.74 Å². The summed E-state index contributed by atoms with van der Waals surface area (Å²) in [6, 6.07) is 9.59. The van der Waals surface area contributed by atoms with Crippen LogP contribution in [0.3, 0.4) is 0 Å². The highest BCUT2D eigenvalue weighted by Gasteiger charge is 2.59. The van der Waals surface area contributed by atoms with Gasteiger partial charge in [-0.05, 0) is 30.5 Å². The van der Waals surface area contributed by atoms with Gasteiger partial charge in [0.2, 0.25) is 0 Å². The van der Waals surface area contributed by atoms with Gasteiger partial charge in [-0.1, -0.05) is 41.9 Å². The molecule has 0 bridgehead atoms. The summed E-state index contributed by atoms with van der Waals surface area (Å²) < 4.78 is 7.02. The highest BCUT2D eigenvalue weighted by Crippen LogP contribution is 2.52. The predicted molar refractivity (Wildman–Crippen MR) is 100 cm³/mol. The lowest BCUT2D eigenvalue weighted by atomic mass is 9.57. The number of hydrogen-bond donors (Lipinski definition) is 2. The van der Waals surface area contributed by atoms with Crippen LogP contribution in [0, 0.1) is 11.3 Å². The molecular formula is C19H26BrN3O. The Balaban J connectivity index is 1.35. The second kappa shape index (κ2) is 6.03.